The van der Waals surface area contributed by atoms with E-state index < -0.39 is 19.2 Å². The van der Waals surface area contributed by atoms with Gasteiger partial charge in [0.15, 0.2) is 5.60 Å². The van der Waals surface area contributed by atoms with Crippen LogP contribution in [0.3, 0.4) is 0 Å². The maximum absolute atomic E-state index is 13.3. The summed E-state index contributed by atoms with van der Waals surface area (Å²) in [6, 6.07) is 11.0. The fraction of sp³-hybridized carbons (Fsp3) is 0.692. The Morgan fingerprint density at radius 3 is 2.14 bits per heavy atom. The number of rotatable bonds is 12. The van der Waals surface area contributed by atoms with E-state index >= 15 is 0 Å². The molecule has 194 valence electrons. The third-order valence-corrected chi connectivity index (χ3v) is 9.46. The molecule has 5 aliphatic rings. The molecule has 1 aromatic rings. The van der Waals surface area contributed by atoms with Crippen LogP contribution < -0.4 is 4.52 Å². The summed E-state index contributed by atoms with van der Waals surface area (Å²) in [6.45, 7) is 2.34. The molecule has 1 heterocycles. The Hall–Kier alpha value is -1.97. The number of phosphoric acid groups is 1. The number of hydrogen-bond donors (Lipinski definition) is 0. The lowest BCUT2D eigenvalue weighted by Crippen LogP contribution is -2.76. The van der Waals surface area contributed by atoms with Crippen LogP contribution in [-0.2, 0) is 33.9 Å². The minimum atomic E-state index is -4.06. The lowest BCUT2D eigenvalue weighted by molar-refractivity contribution is -0.648. The molecule has 5 fully saturated rings. The number of nitriles is 2. The standard InChI is InChI=1S/C26H33N2O7P/c1-2-10-30-26(25(34-35-26)22-14-19-13-20(16-22)17-23(25)15-19)21-6-3-7-24(18-21)33-36(29,31-11-4-8-27)32-12-5-9-28/h3,6-7,18-20,22-23H,2,4-5,10-17H2,1H3. The summed E-state index contributed by atoms with van der Waals surface area (Å²) in [5.41, 5.74) is 0.192. The van der Waals surface area contributed by atoms with Gasteiger partial charge in [0.2, 0.25) is 0 Å². The minimum Gasteiger partial charge on any atom is -0.404 e. The fourth-order valence-electron chi connectivity index (χ4n) is 6.89. The number of nitrogens with zero attached hydrogens (tertiary/aromatic N) is 2. The molecule has 1 saturated heterocycles. The first-order chi connectivity index (χ1) is 17.5. The van der Waals surface area contributed by atoms with Crippen molar-refractivity contribution in [2.45, 2.75) is 69.7 Å². The molecule has 1 atom stereocenters. The average Bonchev–Trinajstić information content (AvgIpc) is 2.84. The maximum atomic E-state index is 13.3. The zero-order valence-electron chi connectivity index (χ0n) is 20.6. The van der Waals surface area contributed by atoms with Crippen LogP contribution in [0.1, 0.15) is 63.9 Å². The van der Waals surface area contributed by atoms with Gasteiger partial charge in [-0.1, -0.05) is 19.1 Å². The normalized spacial score (nSPS) is 34.2. The first-order valence-corrected chi connectivity index (χ1v) is 14.4. The molecule has 1 spiro atoms. The second kappa shape index (κ2) is 10.4. The highest BCUT2D eigenvalue weighted by molar-refractivity contribution is 7.48. The summed E-state index contributed by atoms with van der Waals surface area (Å²) < 4.78 is 36.2. The van der Waals surface area contributed by atoms with Gasteiger partial charge in [-0.2, -0.15) is 15.4 Å². The molecule has 4 saturated carbocycles. The summed E-state index contributed by atoms with van der Waals surface area (Å²) in [7, 11) is -4.06. The molecule has 9 nitrogen and oxygen atoms in total. The molecule has 0 radical (unpaired) electrons. The van der Waals surface area contributed by atoms with Gasteiger partial charge >= 0.3 is 7.82 Å². The van der Waals surface area contributed by atoms with Crippen LogP contribution in [-0.4, -0.2) is 25.4 Å². The fourth-order valence-corrected chi connectivity index (χ4v) is 8.08. The SMILES string of the molecule is CCCOC1(c2cccc(OP(=O)(OCCC#N)OCCC#N)c2)OOC12C1CC3CC(C1)CC2C3. The summed E-state index contributed by atoms with van der Waals surface area (Å²) in [5.74, 6) is 1.42. The highest BCUT2D eigenvalue weighted by atomic mass is 31.2. The molecule has 0 amide bonds. The van der Waals surface area contributed by atoms with Gasteiger partial charge in [-0.25, -0.2) is 9.45 Å². The predicted octanol–water partition coefficient (Wildman–Crippen LogP) is 5.77. The first kappa shape index (κ1) is 25.7. The van der Waals surface area contributed by atoms with E-state index in [0.29, 0.717) is 18.4 Å². The van der Waals surface area contributed by atoms with Crippen LogP contribution in [0.2, 0.25) is 0 Å². The summed E-state index contributed by atoms with van der Waals surface area (Å²) in [5, 5.41) is 17.6. The van der Waals surface area contributed by atoms with E-state index in [2.05, 4.69) is 6.92 Å². The Labute approximate surface area is 212 Å². The topological polar surface area (TPSA) is 120 Å². The van der Waals surface area contributed by atoms with E-state index in [1.807, 2.05) is 18.2 Å². The van der Waals surface area contributed by atoms with E-state index in [1.165, 1.54) is 6.42 Å². The monoisotopic (exact) mass is 516 g/mol. The van der Waals surface area contributed by atoms with E-state index in [-0.39, 0.29) is 31.8 Å². The van der Waals surface area contributed by atoms with Gasteiger partial charge in [0, 0.05) is 5.56 Å². The molecule has 1 unspecified atom stereocenters. The zero-order valence-corrected chi connectivity index (χ0v) is 21.5. The van der Waals surface area contributed by atoms with Crippen molar-refractivity contribution in [3.63, 3.8) is 0 Å². The van der Waals surface area contributed by atoms with Crippen LogP contribution in [0.5, 0.6) is 5.75 Å². The Morgan fingerprint density at radius 2 is 1.61 bits per heavy atom. The Kier molecular flexibility index (Phi) is 7.43. The van der Waals surface area contributed by atoms with Crippen molar-refractivity contribution in [3.8, 4) is 17.9 Å². The number of hydrogen-bond acceptors (Lipinski definition) is 9. The van der Waals surface area contributed by atoms with Gasteiger partial charge in [-0.15, -0.1) is 0 Å². The molecule has 4 bridgehead atoms. The quantitative estimate of drug-likeness (QED) is 0.194. The van der Waals surface area contributed by atoms with Crippen LogP contribution >= 0.6 is 7.82 Å². The maximum Gasteiger partial charge on any atom is 0.530 e. The molecule has 6 rings (SSSR count). The van der Waals surface area contributed by atoms with Gasteiger partial charge in [0.05, 0.1) is 44.8 Å². The van der Waals surface area contributed by atoms with Gasteiger partial charge < -0.3 is 9.26 Å². The number of benzene rings is 1. The van der Waals surface area contributed by atoms with E-state index in [9.17, 15) is 4.57 Å². The van der Waals surface area contributed by atoms with Gasteiger partial charge in [0.1, 0.15) is 5.75 Å². The van der Waals surface area contributed by atoms with Gasteiger partial charge in [0.25, 0.3) is 5.79 Å². The van der Waals surface area contributed by atoms with Crippen molar-refractivity contribution in [2.24, 2.45) is 23.7 Å². The third-order valence-electron chi connectivity index (χ3n) is 8.03. The number of ether oxygens (including phenoxy) is 1. The predicted molar refractivity (Wildman–Crippen MR) is 127 cm³/mol. The second-order valence-electron chi connectivity index (χ2n) is 10.3. The lowest BCUT2D eigenvalue weighted by Gasteiger charge is -2.69. The van der Waals surface area contributed by atoms with Crippen molar-refractivity contribution < 1.29 is 32.6 Å². The summed E-state index contributed by atoms with van der Waals surface area (Å²) >= 11 is 0. The highest BCUT2D eigenvalue weighted by Gasteiger charge is 2.76. The molecule has 1 aliphatic heterocycles. The Morgan fingerprint density at radius 1 is 0.972 bits per heavy atom. The molecular formula is C26H33N2O7P. The van der Waals surface area contributed by atoms with Crippen molar-refractivity contribution in [1.29, 1.82) is 10.5 Å². The van der Waals surface area contributed by atoms with Crippen LogP contribution in [0.15, 0.2) is 24.3 Å². The smallest absolute Gasteiger partial charge is 0.404 e. The van der Waals surface area contributed by atoms with Crippen LogP contribution in [0.25, 0.3) is 0 Å². The van der Waals surface area contributed by atoms with Crippen molar-refractivity contribution in [2.75, 3.05) is 19.8 Å². The zero-order chi connectivity index (χ0) is 25.2. The first-order valence-electron chi connectivity index (χ1n) is 12.9. The molecule has 4 aliphatic carbocycles. The average molecular weight is 517 g/mol. The minimum absolute atomic E-state index is 0.0292. The van der Waals surface area contributed by atoms with Crippen LogP contribution in [0.4, 0.5) is 0 Å². The van der Waals surface area contributed by atoms with Crippen molar-refractivity contribution in [1.82, 2.24) is 0 Å². The summed E-state index contributed by atoms with van der Waals surface area (Å²) in [6.07, 6.45) is 6.70. The Balaban J connectivity index is 1.44. The Bertz CT molecular complexity index is 1030. The van der Waals surface area contributed by atoms with E-state index in [4.69, 9.17) is 38.6 Å². The molecular weight excluding hydrogens is 483 g/mol. The third kappa shape index (κ3) is 4.37. The largest absolute Gasteiger partial charge is 0.530 e. The van der Waals surface area contributed by atoms with E-state index in [0.717, 1.165) is 49.5 Å². The lowest BCUT2D eigenvalue weighted by atomic mass is 9.47. The van der Waals surface area contributed by atoms with Crippen LogP contribution in [0, 0.1) is 46.3 Å². The van der Waals surface area contributed by atoms with E-state index in [1.54, 1.807) is 18.2 Å². The molecule has 36 heavy (non-hydrogen) atoms. The highest BCUT2D eigenvalue weighted by Crippen LogP contribution is 2.69. The van der Waals surface area contributed by atoms with Gasteiger partial charge in [-0.3, -0.25) is 9.05 Å². The second-order valence-corrected chi connectivity index (χ2v) is 11.9. The molecule has 0 aromatic heterocycles. The number of phosphoric ester groups is 1. The molecule has 1 aromatic carbocycles. The van der Waals surface area contributed by atoms with Gasteiger partial charge in [-0.05, 0) is 74.3 Å². The van der Waals surface area contributed by atoms with Crippen molar-refractivity contribution >= 4 is 7.82 Å². The molecule has 10 heteroatoms. The summed E-state index contributed by atoms with van der Waals surface area (Å²) in [4.78, 5) is 12.1. The molecule has 0 N–H and O–H groups in total. The van der Waals surface area contributed by atoms with Crippen molar-refractivity contribution in [3.05, 3.63) is 29.8 Å².